The molecule has 0 spiro atoms. The third-order valence-electron chi connectivity index (χ3n) is 7.26. The van der Waals surface area contributed by atoms with Crippen LogP contribution in [-0.4, -0.2) is 79.3 Å². The average Bonchev–Trinajstić information content (AvgIpc) is 2.89. The maximum absolute atomic E-state index is 12.8. The van der Waals surface area contributed by atoms with Crippen LogP contribution in [0, 0.1) is 17.8 Å². The van der Waals surface area contributed by atoms with Gasteiger partial charge in [-0.2, -0.15) is 0 Å². The van der Waals surface area contributed by atoms with E-state index in [2.05, 4.69) is 21.7 Å². The van der Waals surface area contributed by atoms with E-state index in [0.717, 1.165) is 44.7 Å². The normalized spacial score (nSPS) is 24.3. The molecule has 3 rings (SSSR count). The van der Waals surface area contributed by atoms with Crippen LogP contribution in [-0.2, 0) is 9.59 Å². The molecule has 2 heterocycles. The van der Waals surface area contributed by atoms with Crippen molar-refractivity contribution >= 4 is 11.7 Å². The zero-order chi connectivity index (χ0) is 25.2. The molecule has 0 unspecified atom stereocenters. The van der Waals surface area contributed by atoms with Gasteiger partial charge in [0.15, 0.2) is 0 Å². The van der Waals surface area contributed by atoms with Crippen molar-refractivity contribution in [3.8, 4) is 0 Å². The molecule has 0 aromatic rings. The largest absolute Gasteiger partial charge is 0.342 e. The summed E-state index contributed by atoms with van der Waals surface area (Å²) in [6, 6.07) is 0. The van der Waals surface area contributed by atoms with Gasteiger partial charge in [-0.05, 0) is 77.8 Å². The Balaban J connectivity index is 0.00000158. The first kappa shape index (κ1) is 32.1. The number of ketones is 1. The van der Waals surface area contributed by atoms with Crippen molar-refractivity contribution in [2.45, 2.75) is 99.8 Å². The van der Waals surface area contributed by atoms with E-state index in [-0.39, 0.29) is 11.8 Å². The SMILES string of the molecule is CC.CC.CC.CC(=O)C1CCC(C(=O)N2CCC(CCCN3CCN(C)CC3)CC2)CC1. The molecule has 3 fully saturated rings. The number of carbonyl (C=O) groups is 2. The van der Waals surface area contributed by atoms with Gasteiger partial charge < -0.3 is 14.7 Å². The molecule has 5 heteroatoms. The minimum Gasteiger partial charge on any atom is -0.342 e. The molecule has 1 amide bonds. The molecule has 33 heavy (non-hydrogen) atoms. The van der Waals surface area contributed by atoms with Crippen molar-refractivity contribution in [2.24, 2.45) is 17.8 Å². The van der Waals surface area contributed by atoms with Crippen LogP contribution in [0.2, 0.25) is 0 Å². The van der Waals surface area contributed by atoms with Gasteiger partial charge in [-0.3, -0.25) is 9.59 Å². The molecule has 0 aromatic carbocycles. The summed E-state index contributed by atoms with van der Waals surface area (Å²) in [6.45, 7) is 21.7. The summed E-state index contributed by atoms with van der Waals surface area (Å²) in [6.07, 6.45) is 8.62. The third kappa shape index (κ3) is 11.8. The molecule has 0 bridgehead atoms. The van der Waals surface area contributed by atoms with Crippen LogP contribution in [0.5, 0.6) is 0 Å². The van der Waals surface area contributed by atoms with Gasteiger partial charge in [0.05, 0.1) is 0 Å². The number of hydrogen-bond donors (Lipinski definition) is 0. The number of nitrogens with zero attached hydrogens (tertiary/aromatic N) is 3. The Morgan fingerprint density at radius 2 is 1.18 bits per heavy atom. The van der Waals surface area contributed by atoms with E-state index in [1.54, 1.807) is 6.92 Å². The summed E-state index contributed by atoms with van der Waals surface area (Å²) in [7, 11) is 2.21. The lowest BCUT2D eigenvalue weighted by molar-refractivity contribution is -0.139. The molecule has 196 valence electrons. The first-order valence-electron chi connectivity index (χ1n) is 14.2. The predicted octanol–water partition coefficient (Wildman–Crippen LogP) is 5.73. The highest BCUT2D eigenvalue weighted by molar-refractivity contribution is 5.81. The minimum atomic E-state index is 0.175. The molecule has 2 saturated heterocycles. The Kier molecular flexibility index (Phi) is 18.8. The van der Waals surface area contributed by atoms with Crippen molar-refractivity contribution in [3.63, 3.8) is 0 Å². The number of likely N-dealkylation sites (tertiary alicyclic amines) is 1. The first-order chi connectivity index (χ1) is 16.0. The Hall–Kier alpha value is -0.940. The van der Waals surface area contributed by atoms with E-state index >= 15 is 0 Å². The van der Waals surface area contributed by atoms with E-state index in [4.69, 9.17) is 0 Å². The Morgan fingerprint density at radius 3 is 1.67 bits per heavy atom. The van der Waals surface area contributed by atoms with Crippen LogP contribution in [0.3, 0.4) is 0 Å². The van der Waals surface area contributed by atoms with Gasteiger partial charge in [0, 0.05) is 51.1 Å². The topological polar surface area (TPSA) is 43.9 Å². The molecule has 5 nitrogen and oxygen atoms in total. The van der Waals surface area contributed by atoms with Crippen LogP contribution in [0.15, 0.2) is 0 Å². The fourth-order valence-corrected chi connectivity index (χ4v) is 5.12. The van der Waals surface area contributed by atoms with Gasteiger partial charge in [-0.1, -0.05) is 41.5 Å². The van der Waals surface area contributed by atoms with Crippen molar-refractivity contribution in [1.29, 1.82) is 0 Å². The number of piperidine rings is 1. The number of amides is 1. The van der Waals surface area contributed by atoms with E-state index in [9.17, 15) is 9.59 Å². The summed E-state index contributed by atoms with van der Waals surface area (Å²) in [4.78, 5) is 31.5. The van der Waals surface area contributed by atoms with E-state index in [0.29, 0.717) is 11.7 Å². The van der Waals surface area contributed by atoms with Crippen LogP contribution in [0.4, 0.5) is 0 Å². The second kappa shape index (κ2) is 19.4. The molecule has 0 aromatic heterocycles. The van der Waals surface area contributed by atoms with Gasteiger partial charge in [0.2, 0.25) is 5.91 Å². The zero-order valence-corrected chi connectivity index (χ0v) is 23.5. The third-order valence-corrected chi connectivity index (χ3v) is 7.26. The quantitative estimate of drug-likeness (QED) is 0.500. The fraction of sp³-hybridized carbons (Fsp3) is 0.929. The minimum absolute atomic E-state index is 0.175. The van der Waals surface area contributed by atoms with Crippen molar-refractivity contribution in [2.75, 3.05) is 52.9 Å². The monoisotopic (exact) mass is 467 g/mol. The summed E-state index contributed by atoms with van der Waals surface area (Å²) in [5.41, 5.74) is 0. The average molecular weight is 468 g/mol. The molecule has 3 aliphatic rings. The summed E-state index contributed by atoms with van der Waals surface area (Å²) in [5, 5.41) is 0. The summed E-state index contributed by atoms with van der Waals surface area (Å²) < 4.78 is 0. The summed E-state index contributed by atoms with van der Waals surface area (Å²) in [5.74, 6) is 1.86. The molecule has 2 aliphatic heterocycles. The highest BCUT2D eigenvalue weighted by Gasteiger charge is 2.32. The van der Waals surface area contributed by atoms with Crippen molar-refractivity contribution in [3.05, 3.63) is 0 Å². The van der Waals surface area contributed by atoms with E-state index < -0.39 is 0 Å². The van der Waals surface area contributed by atoms with Gasteiger partial charge in [0.1, 0.15) is 5.78 Å². The second-order valence-electron chi connectivity index (χ2n) is 9.22. The smallest absolute Gasteiger partial charge is 0.225 e. The maximum Gasteiger partial charge on any atom is 0.225 e. The lowest BCUT2D eigenvalue weighted by Gasteiger charge is -2.36. The lowest BCUT2D eigenvalue weighted by atomic mass is 9.79. The van der Waals surface area contributed by atoms with Crippen LogP contribution >= 0.6 is 0 Å². The Bertz CT molecular complexity index is 487. The van der Waals surface area contributed by atoms with Crippen LogP contribution in [0.1, 0.15) is 99.8 Å². The van der Waals surface area contributed by atoms with E-state index in [1.807, 2.05) is 41.5 Å². The standard InChI is InChI=1S/C22H39N3O2.3C2H6/c1-18(26)20-5-7-21(8-6-20)22(27)25-12-9-19(10-13-25)4-3-11-24-16-14-23(2)15-17-24;3*1-2/h19-21H,3-17H2,1-2H3;3*1-2H3. The molecule has 0 radical (unpaired) electrons. The number of rotatable bonds is 6. The number of carbonyl (C=O) groups excluding carboxylic acids is 2. The molecular weight excluding hydrogens is 410 g/mol. The van der Waals surface area contributed by atoms with E-state index in [1.165, 1.54) is 58.4 Å². The number of likely N-dealkylation sites (N-methyl/N-ethyl adjacent to an activating group) is 1. The van der Waals surface area contributed by atoms with Gasteiger partial charge in [0.25, 0.3) is 0 Å². The molecular formula is C28H57N3O2. The van der Waals surface area contributed by atoms with Crippen LogP contribution < -0.4 is 0 Å². The zero-order valence-electron chi connectivity index (χ0n) is 23.5. The number of hydrogen-bond acceptors (Lipinski definition) is 4. The van der Waals surface area contributed by atoms with Crippen molar-refractivity contribution in [1.82, 2.24) is 14.7 Å². The second-order valence-corrected chi connectivity index (χ2v) is 9.22. The van der Waals surface area contributed by atoms with Gasteiger partial charge in [-0.25, -0.2) is 0 Å². The Labute approximate surface area is 206 Å². The first-order valence-corrected chi connectivity index (χ1v) is 14.2. The van der Waals surface area contributed by atoms with Gasteiger partial charge >= 0.3 is 0 Å². The summed E-state index contributed by atoms with van der Waals surface area (Å²) >= 11 is 0. The lowest BCUT2D eigenvalue weighted by Crippen LogP contribution is -2.45. The number of Topliss-reactive ketones (excluding diaryl/α,β-unsaturated/α-hetero) is 1. The maximum atomic E-state index is 12.8. The van der Waals surface area contributed by atoms with Gasteiger partial charge in [-0.15, -0.1) is 0 Å². The molecule has 0 N–H and O–H groups in total. The van der Waals surface area contributed by atoms with Crippen LogP contribution in [0.25, 0.3) is 0 Å². The fourth-order valence-electron chi connectivity index (χ4n) is 5.12. The molecule has 0 atom stereocenters. The molecule has 1 aliphatic carbocycles. The Morgan fingerprint density at radius 1 is 0.697 bits per heavy atom. The van der Waals surface area contributed by atoms with Crippen molar-refractivity contribution < 1.29 is 9.59 Å². The molecule has 1 saturated carbocycles. The highest BCUT2D eigenvalue weighted by atomic mass is 16.2. The highest BCUT2D eigenvalue weighted by Crippen LogP contribution is 2.32. The predicted molar refractivity (Wildman–Crippen MR) is 143 cm³/mol. The number of piperazine rings is 1.